The minimum Gasteiger partial charge on any atom is -0.296 e. The molecule has 1 aromatic heterocycles. The number of aromatic nitrogens is 2. The molecule has 0 aliphatic carbocycles. The number of anilines is 1. The Labute approximate surface area is 141 Å². The van der Waals surface area contributed by atoms with Gasteiger partial charge in [-0.15, -0.1) is 10.2 Å². The van der Waals surface area contributed by atoms with Crippen LogP contribution in [-0.2, 0) is 0 Å². The molecule has 0 unspecified atom stereocenters. The highest BCUT2D eigenvalue weighted by atomic mass is 32.1. The number of amides is 1. The standard InChI is InChI=1S/C16H12N4O3S/c1-10-9-12(7-8-13(10)20(22)23)14(21)17-16-19-18-15(24-16)11-5-3-2-4-6-11/h2-9H,1H3,(H,17,19,21). The minimum absolute atomic E-state index is 0.0196. The molecule has 1 amide bonds. The van der Waals surface area contributed by atoms with Crippen LogP contribution in [0.5, 0.6) is 0 Å². The molecule has 0 saturated carbocycles. The van der Waals surface area contributed by atoms with Crippen molar-refractivity contribution in [1.29, 1.82) is 0 Å². The lowest BCUT2D eigenvalue weighted by Crippen LogP contribution is -2.12. The highest BCUT2D eigenvalue weighted by Gasteiger charge is 2.15. The number of carbonyl (C=O) groups excluding carboxylic acids is 1. The molecule has 0 radical (unpaired) electrons. The molecule has 2 aromatic carbocycles. The lowest BCUT2D eigenvalue weighted by molar-refractivity contribution is -0.385. The first kappa shape index (κ1) is 15.8. The third-order valence-electron chi connectivity index (χ3n) is 3.32. The Morgan fingerprint density at radius 2 is 1.92 bits per heavy atom. The maximum Gasteiger partial charge on any atom is 0.272 e. The molecular formula is C16H12N4O3S. The molecule has 0 aliphatic rings. The number of aryl methyl sites for hydroxylation is 1. The lowest BCUT2D eigenvalue weighted by atomic mass is 10.1. The Kier molecular flexibility index (Phi) is 4.30. The van der Waals surface area contributed by atoms with Gasteiger partial charge >= 0.3 is 0 Å². The molecule has 0 aliphatic heterocycles. The molecular weight excluding hydrogens is 328 g/mol. The van der Waals surface area contributed by atoms with E-state index in [-0.39, 0.29) is 11.6 Å². The number of nitrogens with zero attached hydrogens (tertiary/aromatic N) is 3. The summed E-state index contributed by atoms with van der Waals surface area (Å²) in [5.41, 5.74) is 1.65. The van der Waals surface area contributed by atoms with Gasteiger partial charge in [-0.2, -0.15) is 0 Å². The van der Waals surface area contributed by atoms with E-state index >= 15 is 0 Å². The Bertz CT molecular complexity index is 909. The zero-order chi connectivity index (χ0) is 17.1. The van der Waals surface area contributed by atoms with E-state index in [1.807, 2.05) is 30.3 Å². The average molecular weight is 340 g/mol. The molecule has 0 atom stereocenters. The molecule has 0 saturated heterocycles. The van der Waals surface area contributed by atoms with Crippen LogP contribution in [0, 0.1) is 17.0 Å². The monoisotopic (exact) mass is 340 g/mol. The number of nitrogens with one attached hydrogen (secondary N) is 1. The van der Waals surface area contributed by atoms with Gasteiger partial charge in [0.25, 0.3) is 11.6 Å². The smallest absolute Gasteiger partial charge is 0.272 e. The van der Waals surface area contributed by atoms with Crippen molar-refractivity contribution in [3.05, 3.63) is 69.8 Å². The predicted octanol–water partition coefficient (Wildman–Crippen LogP) is 3.67. The quantitative estimate of drug-likeness (QED) is 0.577. The minimum atomic E-state index is -0.478. The summed E-state index contributed by atoms with van der Waals surface area (Å²) in [6.45, 7) is 1.59. The molecule has 120 valence electrons. The molecule has 0 bridgehead atoms. The van der Waals surface area contributed by atoms with Crippen molar-refractivity contribution in [1.82, 2.24) is 10.2 Å². The summed E-state index contributed by atoms with van der Waals surface area (Å²) in [5.74, 6) is -0.385. The second kappa shape index (κ2) is 6.55. The first-order valence-electron chi connectivity index (χ1n) is 7.00. The van der Waals surface area contributed by atoms with Crippen molar-refractivity contribution in [3.63, 3.8) is 0 Å². The maximum atomic E-state index is 12.3. The van der Waals surface area contributed by atoms with E-state index in [1.165, 1.54) is 29.5 Å². The Balaban J connectivity index is 1.77. The van der Waals surface area contributed by atoms with Crippen molar-refractivity contribution in [3.8, 4) is 10.6 Å². The number of hydrogen-bond acceptors (Lipinski definition) is 6. The summed E-state index contributed by atoms with van der Waals surface area (Å²) < 4.78 is 0. The van der Waals surface area contributed by atoms with Gasteiger partial charge in [0.15, 0.2) is 0 Å². The Morgan fingerprint density at radius 3 is 2.58 bits per heavy atom. The molecule has 3 rings (SSSR count). The van der Waals surface area contributed by atoms with Crippen molar-refractivity contribution in [2.45, 2.75) is 6.92 Å². The number of nitro groups is 1. The van der Waals surface area contributed by atoms with E-state index in [0.29, 0.717) is 21.3 Å². The van der Waals surface area contributed by atoms with Gasteiger partial charge < -0.3 is 0 Å². The second-order valence-electron chi connectivity index (χ2n) is 4.99. The van der Waals surface area contributed by atoms with Gasteiger partial charge in [0.1, 0.15) is 5.01 Å². The molecule has 3 aromatic rings. The summed E-state index contributed by atoms with van der Waals surface area (Å²) in [7, 11) is 0. The summed E-state index contributed by atoms with van der Waals surface area (Å²) in [6.07, 6.45) is 0. The molecule has 7 nitrogen and oxygen atoms in total. The van der Waals surface area contributed by atoms with Crippen LogP contribution in [0.15, 0.2) is 48.5 Å². The largest absolute Gasteiger partial charge is 0.296 e. The van der Waals surface area contributed by atoms with Crippen LogP contribution in [0.3, 0.4) is 0 Å². The number of rotatable bonds is 4. The van der Waals surface area contributed by atoms with Crippen LogP contribution < -0.4 is 5.32 Å². The van der Waals surface area contributed by atoms with Crippen LogP contribution in [0.25, 0.3) is 10.6 Å². The first-order valence-corrected chi connectivity index (χ1v) is 7.81. The SMILES string of the molecule is Cc1cc(C(=O)Nc2nnc(-c3ccccc3)s2)ccc1[N+](=O)[O-]. The van der Waals surface area contributed by atoms with Crippen LogP contribution >= 0.6 is 11.3 Å². The highest BCUT2D eigenvalue weighted by molar-refractivity contribution is 7.18. The maximum absolute atomic E-state index is 12.3. The summed E-state index contributed by atoms with van der Waals surface area (Å²) in [6, 6.07) is 13.7. The van der Waals surface area contributed by atoms with Gasteiger partial charge in [0, 0.05) is 22.8 Å². The van der Waals surface area contributed by atoms with Crippen LogP contribution in [-0.4, -0.2) is 21.0 Å². The third kappa shape index (κ3) is 3.28. The zero-order valence-corrected chi connectivity index (χ0v) is 13.4. The summed E-state index contributed by atoms with van der Waals surface area (Å²) in [4.78, 5) is 22.6. The summed E-state index contributed by atoms with van der Waals surface area (Å²) in [5, 5.41) is 22.6. The third-order valence-corrected chi connectivity index (χ3v) is 4.21. The Hall–Kier alpha value is -3.13. The van der Waals surface area contributed by atoms with Gasteiger partial charge in [-0.1, -0.05) is 41.7 Å². The number of carbonyl (C=O) groups is 1. The number of nitro benzene ring substituents is 1. The van der Waals surface area contributed by atoms with E-state index in [4.69, 9.17) is 0 Å². The van der Waals surface area contributed by atoms with Gasteiger partial charge in [-0.25, -0.2) is 0 Å². The van der Waals surface area contributed by atoms with Gasteiger partial charge in [0.2, 0.25) is 5.13 Å². The normalized spacial score (nSPS) is 10.4. The van der Waals surface area contributed by atoms with E-state index < -0.39 is 4.92 Å². The molecule has 8 heteroatoms. The highest BCUT2D eigenvalue weighted by Crippen LogP contribution is 2.26. The number of benzene rings is 2. The van der Waals surface area contributed by atoms with Crippen molar-refractivity contribution >= 4 is 28.1 Å². The van der Waals surface area contributed by atoms with Crippen LogP contribution in [0.4, 0.5) is 10.8 Å². The van der Waals surface area contributed by atoms with E-state index in [0.717, 1.165) is 5.56 Å². The Morgan fingerprint density at radius 1 is 1.17 bits per heavy atom. The second-order valence-corrected chi connectivity index (χ2v) is 5.97. The topological polar surface area (TPSA) is 98.0 Å². The molecule has 24 heavy (non-hydrogen) atoms. The van der Waals surface area contributed by atoms with Gasteiger partial charge in [0.05, 0.1) is 4.92 Å². The lowest BCUT2D eigenvalue weighted by Gasteiger charge is -2.03. The average Bonchev–Trinajstić information content (AvgIpc) is 3.03. The number of hydrogen-bond donors (Lipinski definition) is 1. The van der Waals surface area contributed by atoms with E-state index in [9.17, 15) is 14.9 Å². The van der Waals surface area contributed by atoms with Crippen LogP contribution in [0.2, 0.25) is 0 Å². The predicted molar refractivity (Wildman–Crippen MR) is 91.1 cm³/mol. The van der Waals surface area contributed by atoms with E-state index in [2.05, 4.69) is 15.5 Å². The fourth-order valence-corrected chi connectivity index (χ4v) is 2.89. The summed E-state index contributed by atoms with van der Waals surface area (Å²) >= 11 is 1.26. The van der Waals surface area contributed by atoms with Crippen molar-refractivity contribution in [2.75, 3.05) is 5.32 Å². The fourth-order valence-electron chi connectivity index (χ4n) is 2.14. The zero-order valence-electron chi connectivity index (χ0n) is 12.6. The molecule has 0 fully saturated rings. The van der Waals surface area contributed by atoms with E-state index in [1.54, 1.807) is 6.92 Å². The van der Waals surface area contributed by atoms with Gasteiger partial charge in [-0.3, -0.25) is 20.2 Å². The molecule has 1 heterocycles. The first-order chi connectivity index (χ1) is 11.5. The van der Waals surface area contributed by atoms with Crippen molar-refractivity contribution < 1.29 is 9.72 Å². The van der Waals surface area contributed by atoms with Crippen molar-refractivity contribution in [2.24, 2.45) is 0 Å². The fraction of sp³-hybridized carbons (Fsp3) is 0.0625. The molecule has 0 spiro atoms. The van der Waals surface area contributed by atoms with Crippen LogP contribution in [0.1, 0.15) is 15.9 Å². The molecule has 1 N–H and O–H groups in total. The van der Waals surface area contributed by atoms with Gasteiger partial charge in [-0.05, 0) is 19.1 Å².